The average molecular weight is 286 g/mol. The third-order valence-electron chi connectivity index (χ3n) is 4.23. The summed E-state index contributed by atoms with van der Waals surface area (Å²) in [5.74, 6) is 0.261. The predicted octanol–water partition coefficient (Wildman–Crippen LogP) is 3.50. The monoisotopic (exact) mass is 286 g/mol. The molecule has 1 N–H and O–H groups in total. The van der Waals surface area contributed by atoms with Crippen molar-refractivity contribution in [2.45, 2.75) is 32.7 Å². The lowest BCUT2D eigenvalue weighted by atomic mass is 9.70. The predicted molar refractivity (Wildman–Crippen MR) is 77.6 cm³/mol. The second-order valence-electron chi connectivity index (χ2n) is 6.10. The van der Waals surface area contributed by atoms with Crippen LogP contribution in [0.4, 0.5) is 4.79 Å². The Balaban J connectivity index is 2.11. The Morgan fingerprint density at radius 1 is 1.43 bits per heavy atom. The molecule has 0 bridgehead atoms. The smallest absolute Gasteiger partial charge is 0.449 e. The number of nitrogens with zero attached hydrogens (tertiary/aromatic N) is 2. The minimum Gasteiger partial charge on any atom is -0.449 e. The van der Waals surface area contributed by atoms with Crippen molar-refractivity contribution in [1.29, 1.82) is 0 Å². The molecule has 1 aromatic heterocycles. The molecule has 110 valence electrons. The number of carboxylic acid groups (broad SMARTS) is 1. The highest BCUT2D eigenvalue weighted by Crippen LogP contribution is 2.47. The van der Waals surface area contributed by atoms with Gasteiger partial charge in [-0.2, -0.15) is 0 Å². The summed E-state index contributed by atoms with van der Waals surface area (Å²) < 4.78 is 6.69. The highest BCUT2D eigenvalue weighted by atomic mass is 16.7. The number of hydrogen-bond acceptors (Lipinski definition) is 3. The van der Waals surface area contributed by atoms with Crippen molar-refractivity contribution in [2.24, 2.45) is 5.41 Å². The molecule has 2 aromatic rings. The third-order valence-corrected chi connectivity index (χ3v) is 4.23. The van der Waals surface area contributed by atoms with Gasteiger partial charge in [0.2, 0.25) is 5.88 Å². The number of aromatic nitrogens is 2. The van der Waals surface area contributed by atoms with Crippen LogP contribution in [0, 0.1) is 5.41 Å². The van der Waals surface area contributed by atoms with Crippen LogP contribution in [0.3, 0.4) is 0 Å². The molecule has 0 fully saturated rings. The fraction of sp³-hybridized carbons (Fsp3) is 0.375. The maximum Gasteiger partial charge on any atom is 0.512 e. The molecule has 0 radical (unpaired) electrons. The van der Waals surface area contributed by atoms with E-state index in [1.165, 1.54) is 17.3 Å². The van der Waals surface area contributed by atoms with Crippen LogP contribution >= 0.6 is 0 Å². The van der Waals surface area contributed by atoms with E-state index in [9.17, 15) is 4.79 Å². The van der Waals surface area contributed by atoms with Gasteiger partial charge in [-0.05, 0) is 29.4 Å². The van der Waals surface area contributed by atoms with E-state index in [0.717, 1.165) is 12.8 Å². The molecule has 0 aliphatic heterocycles. The van der Waals surface area contributed by atoms with E-state index in [1.54, 1.807) is 6.33 Å². The molecule has 1 atom stereocenters. The molecule has 5 heteroatoms. The van der Waals surface area contributed by atoms with E-state index < -0.39 is 6.16 Å². The molecule has 0 spiro atoms. The zero-order valence-electron chi connectivity index (χ0n) is 12.1. The zero-order chi connectivity index (χ0) is 15.0. The summed E-state index contributed by atoms with van der Waals surface area (Å²) in [7, 11) is 0. The highest BCUT2D eigenvalue weighted by molar-refractivity contribution is 5.60. The van der Waals surface area contributed by atoms with Gasteiger partial charge in [-0.1, -0.05) is 38.1 Å². The van der Waals surface area contributed by atoms with E-state index in [4.69, 9.17) is 9.84 Å². The van der Waals surface area contributed by atoms with Crippen LogP contribution in [0.2, 0.25) is 0 Å². The Morgan fingerprint density at radius 3 is 2.95 bits per heavy atom. The molecule has 0 saturated heterocycles. The third kappa shape index (κ3) is 2.39. The summed E-state index contributed by atoms with van der Waals surface area (Å²) in [6, 6.07) is 8.30. The van der Waals surface area contributed by atoms with Crippen molar-refractivity contribution in [3.05, 3.63) is 47.9 Å². The van der Waals surface area contributed by atoms with Gasteiger partial charge in [0.15, 0.2) is 0 Å². The number of rotatable bonds is 2. The zero-order valence-corrected chi connectivity index (χ0v) is 12.1. The van der Waals surface area contributed by atoms with Crippen LogP contribution in [0.15, 0.2) is 36.8 Å². The van der Waals surface area contributed by atoms with Gasteiger partial charge in [0.1, 0.15) is 0 Å². The Hall–Kier alpha value is -2.30. The van der Waals surface area contributed by atoms with Gasteiger partial charge in [-0.3, -0.25) is 4.57 Å². The Bertz CT molecular complexity index is 676. The van der Waals surface area contributed by atoms with Crippen molar-refractivity contribution >= 4 is 6.16 Å². The first-order chi connectivity index (χ1) is 9.99. The fourth-order valence-electron chi connectivity index (χ4n) is 3.22. The fourth-order valence-corrected chi connectivity index (χ4v) is 3.22. The van der Waals surface area contributed by atoms with Crippen LogP contribution in [0.25, 0.3) is 0 Å². The quantitative estimate of drug-likeness (QED) is 0.858. The number of fused-ring (bicyclic) bond motifs is 1. The second kappa shape index (κ2) is 4.91. The first kappa shape index (κ1) is 13.7. The molecular formula is C16H18N2O3. The standard InChI is InChI=1S/C16H18N2O3/c1-16(2)8-7-11-5-3-4-6-12(11)14(16)18-10-17-9-13(18)21-15(19)20/h3-6,9-10,14H,7-8H2,1-2H3,(H,19,20). The first-order valence-corrected chi connectivity index (χ1v) is 6.99. The summed E-state index contributed by atoms with van der Waals surface area (Å²) in [6.07, 6.45) is 3.83. The summed E-state index contributed by atoms with van der Waals surface area (Å²) in [4.78, 5) is 14.9. The number of benzene rings is 1. The van der Waals surface area contributed by atoms with Gasteiger partial charge in [0.25, 0.3) is 0 Å². The van der Waals surface area contributed by atoms with Gasteiger partial charge in [0.05, 0.1) is 18.6 Å². The van der Waals surface area contributed by atoms with E-state index in [1.807, 2.05) is 16.7 Å². The van der Waals surface area contributed by atoms with Crippen molar-refractivity contribution in [1.82, 2.24) is 9.55 Å². The largest absolute Gasteiger partial charge is 0.512 e. The molecule has 0 amide bonds. The molecule has 0 saturated carbocycles. The van der Waals surface area contributed by atoms with Crippen LogP contribution < -0.4 is 4.74 Å². The molecule has 21 heavy (non-hydrogen) atoms. The Kier molecular flexibility index (Phi) is 3.20. The van der Waals surface area contributed by atoms with E-state index >= 15 is 0 Å². The van der Waals surface area contributed by atoms with Crippen molar-refractivity contribution < 1.29 is 14.6 Å². The molecule has 1 aliphatic carbocycles. The van der Waals surface area contributed by atoms with Crippen molar-refractivity contribution in [3.63, 3.8) is 0 Å². The summed E-state index contributed by atoms with van der Waals surface area (Å²) in [5, 5.41) is 8.87. The van der Waals surface area contributed by atoms with Crippen molar-refractivity contribution in [2.75, 3.05) is 0 Å². The van der Waals surface area contributed by atoms with Gasteiger partial charge in [-0.15, -0.1) is 0 Å². The van der Waals surface area contributed by atoms with Gasteiger partial charge in [0, 0.05) is 0 Å². The Labute approximate surface area is 123 Å². The van der Waals surface area contributed by atoms with Crippen LogP contribution in [0.5, 0.6) is 5.88 Å². The number of carbonyl (C=O) groups is 1. The summed E-state index contributed by atoms with van der Waals surface area (Å²) >= 11 is 0. The van der Waals surface area contributed by atoms with Crippen molar-refractivity contribution in [3.8, 4) is 5.88 Å². The van der Waals surface area contributed by atoms with E-state index in [-0.39, 0.29) is 17.3 Å². The second-order valence-corrected chi connectivity index (χ2v) is 6.10. The topological polar surface area (TPSA) is 64.4 Å². The minimum atomic E-state index is -1.32. The maximum absolute atomic E-state index is 10.8. The normalized spacial score (nSPS) is 19.8. The lowest BCUT2D eigenvalue weighted by Gasteiger charge is -2.41. The number of hydrogen-bond donors (Lipinski definition) is 1. The van der Waals surface area contributed by atoms with Gasteiger partial charge in [-0.25, -0.2) is 9.78 Å². The van der Waals surface area contributed by atoms with Gasteiger partial charge < -0.3 is 9.84 Å². The number of imidazole rings is 1. The molecule has 1 unspecified atom stereocenters. The summed E-state index contributed by atoms with van der Waals surface area (Å²) in [5.41, 5.74) is 2.50. The van der Waals surface area contributed by atoms with Crippen LogP contribution in [0.1, 0.15) is 37.4 Å². The van der Waals surface area contributed by atoms with Gasteiger partial charge >= 0.3 is 6.16 Å². The molecule has 3 rings (SSSR count). The van der Waals surface area contributed by atoms with Crippen LogP contribution in [-0.4, -0.2) is 20.8 Å². The van der Waals surface area contributed by atoms with Crippen LogP contribution in [-0.2, 0) is 6.42 Å². The Morgan fingerprint density at radius 2 is 2.19 bits per heavy atom. The van der Waals surface area contributed by atoms with E-state index in [0.29, 0.717) is 0 Å². The highest BCUT2D eigenvalue weighted by Gasteiger charge is 2.38. The molecule has 5 nitrogen and oxygen atoms in total. The number of aryl methyl sites for hydroxylation is 1. The molecule has 1 aliphatic rings. The first-order valence-electron chi connectivity index (χ1n) is 6.99. The molecule has 1 heterocycles. The average Bonchev–Trinajstić information content (AvgIpc) is 2.85. The van der Waals surface area contributed by atoms with E-state index in [2.05, 4.69) is 31.0 Å². The number of ether oxygens (including phenoxy) is 1. The molecule has 1 aromatic carbocycles. The minimum absolute atomic E-state index is 0.00827. The summed E-state index contributed by atoms with van der Waals surface area (Å²) in [6.45, 7) is 4.39. The lowest BCUT2D eigenvalue weighted by molar-refractivity contribution is 0.134. The lowest BCUT2D eigenvalue weighted by Crippen LogP contribution is -2.33. The SMILES string of the molecule is CC1(C)CCc2ccccc2C1n1cncc1OC(=O)O. The molecular weight excluding hydrogens is 268 g/mol. The maximum atomic E-state index is 10.8.